The van der Waals surface area contributed by atoms with Crippen LogP contribution in [0.5, 0.6) is 0 Å². The minimum Gasteiger partial charge on any atom is -0.338 e. The zero-order valence-corrected chi connectivity index (χ0v) is 21.1. The third kappa shape index (κ3) is 5.05. The van der Waals surface area contributed by atoms with Crippen molar-refractivity contribution in [3.05, 3.63) is 83.3 Å². The Morgan fingerprint density at radius 1 is 1.00 bits per heavy atom. The van der Waals surface area contributed by atoms with Crippen molar-refractivity contribution in [3.63, 3.8) is 0 Å². The Labute approximate surface area is 213 Å². The summed E-state index contributed by atoms with van der Waals surface area (Å²) in [6.45, 7) is 6.15. The molecule has 184 valence electrons. The van der Waals surface area contributed by atoms with Gasteiger partial charge in [-0.2, -0.15) is 5.10 Å². The summed E-state index contributed by atoms with van der Waals surface area (Å²) < 4.78 is 1.74. The number of thiazole rings is 1. The topological polar surface area (TPSA) is 87.5 Å². The summed E-state index contributed by atoms with van der Waals surface area (Å²) in [6, 6.07) is 15.0. The summed E-state index contributed by atoms with van der Waals surface area (Å²) in [5.41, 5.74) is 4.19. The van der Waals surface area contributed by atoms with E-state index in [1.165, 1.54) is 11.3 Å². The highest BCUT2D eigenvalue weighted by Crippen LogP contribution is 2.30. The fourth-order valence-electron chi connectivity index (χ4n) is 4.26. The number of aryl methyl sites for hydroxylation is 2. The van der Waals surface area contributed by atoms with Crippen molar-refractivity contribution in [2.24, 2.45) is 0 Å². The summed E-state index contributed by atoms with van der Waals surface area (Å²) in [5.74, 6) is -0.121. The molecule has 1 fully saturated rings. The van der Waals surface area contributed by atoms with Gasteiger partial charge in [0.2, 0.25) is 11.0 Å². The van der Waals surface area contributed by atoms with Crippen molar-refractivity contribution in [2.75, 3.05) is 31.2 Å². The maximum absolute atomic E-state index is 13.6. The van der Waals surface area contributed by atoms with Crippen molar-refractivity contribution < 1.29 is 9.59 Å². The number of rotatable bonds is 6. The number of amides is 2. The SMILES string of the molecule is Cc1cc(C)n(CC(=O)N2CCN(N(C(=O)c3ccccc3)c3nc(-c4ccncc4)cs3)CC2)n1. The van der Waals surface area contributed by atoms with Gasteiger partial charge in [-0.3, -0.25) is 19.3 Å². The Kier molecular flexibility index (Phi) is 6.88. The summed E-state index contributed by atoms with van der Waals surface area (Å²) in [7, 11) is 0. The average molecular weight is 502 g/mol. The minimum atomic E-state index is -0.145. The molecule has 0 spiro atoms. The standard InChI is InChI=1S/C26H27N7O2S/c1-19-16-20(2)32(29-19)17-24(34)30-12-14-31(15-13-30)33(25(35)22-6-4-3-5-7-22)26-28-23(18-36-26)21-8-10-27-11-9-21/h3-11,16,18H,12-15,17H2,1-2H3. The van der Waals surface area contributed by atoms with Crippen molar-refractivity contribution in [1.29, 1.82) is 0 Å². The molecule has 10 heteroatoms. The normalized spacial score (nSPS) is 14.1. The first-order valence-electron chi connectivity index (χ1n) is 11.8. The number of anilines is 1. The lowest BCUT2D eigenvalue weighted by atomic mass is 10.2. The quantitative estimate of drug-likeness (QED) is 0.402. The number of benzene rings is 1. The van der Waals surface area contributed by atoms with Gasteiger partial charge < -0.3 is 4.90 Å². The van der Waals surface area contributed by atoms with Gasteiger partial charge in [-0.05, 0) is 44.2 Å². The molecule has 1 aromatic carbocycles. The second-order valence-electron chi connectivity index (χ2n) is 8.65. The highest BCUT2D eigenvalue weighted by Gasteiger charge is 2.31. The minimum absolute atomic E-state index is 0.0241. The van der Waals surface area contributed by atoms with Gasteiger partial charge >= 0.3 is 0 Å². The number of carbonyl (C=O) groups excluding carboxylic acids is 2. The zero-order valence-electron chi connectivity index (χ0n) is 20.2. The van der Waals surface area contributed by atoms with Crippen LogP contribution in [0.4, 0.5) is 5.13 Å². The summed E-state index contributed by atoms with van der Waals surface area (Å²) >= 11 is 1.42. The number of aromatic nitrogens is 4. The monoisotopic (exact) mass is 501 g/mol. The van der Waals surface area contributed by atoms with Gasteiger partial charge in [0.05, 0.1) is 11.4 Å². The molecule has 2 amide bonds. The summed E-state index contributed by atoms with van der Waals surface area (Å²) in [4.78, 5) is 37.3. The number of hydrogen-bond acceptors (Lipinski definition) is 7. The molecule has 3 aromatic heterocycles. The average Bonchev–Trinajstić information content (AvgIpc) is 3.51. The Bertz CT molecular complexity index is 1350. The van der Waals surface area contributed by atoms with Gasteiger partial charge in [0.25, 0.3) is 5.91 Å². The molecule has 5 rings (SSSR count). The van der Waals surface area contributed by atoms with Crippen molar-refractivity contribution >= 4 is 28.3 Å². The van der Waals surface area contributed by atoms with Gasteiger partial charge in [-0.25, -0.2) is 15.0 Å². The first-order valence-corrected chi connectivity index (χ1v) is 12.7. The second kappa shape index (κ2) is 10.4. The molecule has 0 bridgehead atoms. The molecule has 0 aliphatic carbocycles. The fraction of sp³-hybridized carbons (Fsp3) is 0.269. The van der Waals surface area contributed by atoms with Crippen LogP contribution in [-0.4, -0.2) is 67.7 Å². The molecule has 1 aliphatic heterocycles. The molecule has 0 N–H and O–H groups in total. The van der Waals surface area contributed by atoms with E-state index in [2.05, 4.69) is 10.1 Å². The predicted molar refractivity (Wildman–Crippen MR) is 138 cm³/mol. The number of piperazine rings is 1. The molecular formula is C26H27N7O2S. The van der Waals surface area contributed by atoms with E-state index in [9.17, 15) is 9.59 Å². The maximum Gasteiger partial charge on any atom is 0.274 e. The van der Waals surface area contributed by atoms with Gasteiger partial charge in [-0.15, -0.1) is 11.3 Å². The molecule has 0 saturated carbocycles. The van der Waals surface area contributed by atoms with E-state index in [1.54, 1.807) is 34.2 Å². The third-order valence-corrected chi connectivity index (χ3v) is 6.96. The number of hydrazine groups is 1. The molecule has 0 unspecified atom stereocenters. The predicted octanol–water partition coefficient (Wildman–Crippen LogP) is 3.42. The van der Waals surface area contributed by atoms with Crippen molar-refractivity contribution in [3.8, 4) is 11.3 Å². The van der Waals surface area contributed by atoms with E-state index < -0.39 is 0 Å². The Morgan fingerprint density at radius 3 is 2.39 bits per heavy atom. The molecule has 1 saturated heterocycles. The lowest BCUT2D eigenvalue weighted by Gasteiger charge is -2.39. The Hall–Kier alpha value is -3.89. The second-order valence-corrected chi connectivity index (χ2v) is 9.49. The highest BCUT2D eigenvalue weighted by molar-refractivity contribution is 7.14. The zero-order chi connectivity index (χ0) is 25.1. The number of carbonyl (C=O) groups is 2. The molecular weight excluding hydrogens is 474 g/mol. The first-order chi connectivity index (χ1) is 17.5. The fourth-order valence-corrected chi connectivity index (χ4v) is 5.12. The van der Waals surface area contributed by atoms with Crippen LogP contribution in [0.25, 0.3) is 11.3 Å². The molecule has 4 heterocycles. The van der Waals surface area contributed by atoms with Crippen LogP contribution in [0.3, 0.4) is 0 Å². The van der Waals surface area contributed by atoms with Gasteiger partial charge in [0.15, 0.2) is 0 Å². The lowest BCUT2D eigenvalue weighted by molar-refractivity contribution is -0.133. The van der Waals surface area contributed by atoms with Crippen LogP contribution in [-0.2, 0) is 11.3 Å². The van der Waals surface area contributed by atoms with E-state index in [1.807, 2.05) is 65.5 Å². The number of hydrogen-bond donors (Lipinski definition) is 0. The van der Waals surface area contributed by atoms with Crippen molar-refractivity contribution in [1.82, 2.24) is 29.7 Å². The van der Waals surface area contributed by atoms with Crippen LogP contribution < -0.4 is 5.01 Å². The van der Waals surface area contributed by atoms with Gasteiger partial charge in [0, 0.05) is 60.8 Å². The molecule has 9 nitrogen and oxygen atoms in total. The van der Waals surface area contributed by atoms with Crippen molar-refractivity contribution in [2.45, 2.75) is 20.4 Å². The van der Waals surface area contributed by atoms with E-state index in [0.29, 0.717) is 36.9 Å². The Morgan fingerprint density at radius 2 is 1.72 bits per heavy atom. The van der Waals surface area contributed by atoms with Crippen LogP contribution in [0, 0.1) is 13.8 Å². The van der Waals surface area contributed by atoms with Gasteiger partial charge in [0.1, 0.15) is 6.54 Å². The third-order valence-electron chi connectivity index (χ3n) is 6.14. The summed E-state index contributed by atoms with van der Waals surface area (Å²) in [6.07, 6.45) is 3.45. The molecule has 0 atom stereocenters. The van der Waals surface area contributed by atoms with E-state index in [4.69, 9.17) is 4.98 Å². The smallest absolute Gasteiger partial charge is 0.274 e. The van der Waals surface area contributed by atoms with Crippen LogP contribution in [0.2, 0.25) is 0 Å². The summed E-state index contributed by atoms with van der Waals surface area (Å²) in [5, 5.41) is 10.6. The largest absolute Gasteiger partial charge is 0.338 e. The number of nitrogens with zero attached hydrogens (tertiary/aromatic N) is 7. The molecule has 4 aromatic rings. The number of pyridine rings is 1. The Balaban J connectivity index is 1.34. The first kappa shape index (κ1) is 23.8. The molecule has 1 aliphatic rings. The van der Waals surface area contributed by atoms with E-state index >= 15 is 0 Å². The highest BCUT2D eigenvalue weighted by atomic mass is 32.1. The molecule has 0 radical (unpaired) electrons. The van der Waals surface area contributed by atoms with Gasteiger partial charge in [-0.1, -0.05) is 18.2 Å². The van der Waals surface area contributed by atoms with E-state index in [-0.39, 0.29) is 18.4 Å². The van der Waals surface area contributed by atoms with Crippen LogP contribution in [0.1, 0.15) is 21.7 Å². The van der Waals surface area contributed by atoms with Crippen LogP contribution >= 0.6 is 11.3 Å². The van der Waals surface area contributed by atoms with E-state index in [0.717, 1.165) is 22.6 Å². The van der Waals surface area contributed by atoms with Crippen LogP contribution in [0.15, 0.2) is 66.3 Å². The maximum atomic E-state index is 13.6. The molecule has 36 heavy (non-hydrogen) atoms. The lowest BCUT2D eigenvalue weighted by Crippen LogP contribution is -2.57.